The Morgan fingerprint density at radius 2 is 1.00 bits per heavy atom. The molecule has 0 bridgehead atoms. The number of aromatic nitrogens is 3. The SMILES string of the molecule is Cc1c(C(=O)c2ccncc2)cc(C(C)(C)c2cc(C(=O)C3=CC=CCC=C3)c(I)c(C(=O)c3ccncc3)c2)cc1C(=O)c1ccncc1. The summed E-state index contributed by atoms with van der Waals surface area (Å²) >= 11 is 2.08. The Morgan fingerprint density at radius 3 is 1.46 bits per heavy atom. The van der Waals surface area contributed by atoms with E-state index in [1.807, 2.05) is 56.3 Å². The summed E-state index contributed by atoms with van der Waals surface area (Å²) in [7, 11) is 0. The van der Waals surface area contributed by atoms with Crippen LogP contribution >= 0.6 is 22.6 Å². The molecule has 0 radical (unpaired) electrons. The zero-order valence-electron chi connectivity index (χ0n) is 27.7. The second kappa shape index (κ2) is 14.6. The number of Topliss-reactive ketones (excluding diaryl/α,β-unsaturated/α-hetero) is 1. The second-order valence-electron chi connectivity index (χ2n) is 12.4. The van der Waals surface area contributed by atoms with Crippen LogP contribution in [0.5, 0.6) is 0 Å². The lowest BCUT2D eigenvalue weighted by Crippen LogP contribution is -2.24. The summed E-state index contributed by atoms with van der Waals surface area (Å²) in [5.41, 5.74) is 4.28. The Hall–Kier alpha value is -5.48. The van der Waals surface area contributed by atoms with Crippen molar-refractivity contribution >= 4 is 45.7 Å². The minimum Gasteiger partial charge on any atom is -0.289 e. The molecule has 0 atom stereocenters. The lowest BCUT2D eigenvalue weighted by molar-refractivity contribution is 0.102. The van der Waals surface area contributed by atoms with E-state index in [1.54, 1.807) is 92.7 Å². The first kappa shape index (κ1) is 34.4. The number of hydrogen-bond donors (Lipinski definition) is 0. The van der Waals surface area contributed by atoms with Crippen molar-refractivity contribution in [2.24, 2.45) is 0 Å². The molecule has 8 heteroatoms. The highest BCUT2D eigenvalue weighted by molar-refractivity contribution is 14.1. The van der Waals surface area contributed by atoms with Crippen molar-refractivity contribution in [3.05, 3.63) is 193 Å². The molecule has 7 nitrogen and oxygen atoms in total. The van der Waals surface area contributed by atoms with Crippen LogP contribution in [0, 0.1) is 10.5 Å². The lowest BCUT2D eigenvalue weighted by Gasteiger charge is -2.29. The number of nitrogens with zero attached hydrogens (tertiary/aromatic N) is 3. The molecule has 1 aliphatic rings. The quantitative estimate of drug-likeness (QED) is 0.104. The fourth-order valence-corrected chi connectivity index (χ4v) is 6.69. The van der Waals surface area contributed by atoms with E-state index in [0.717, 1.165) is 0 Å². The number of carbonyl (C=O) groups excluding carboxylic acids is 4. The number of halogens is 1. The summed E-state index contributed by atoms with van der Waals surface area (Å²) in [6, 6.07) is 17.1. The van der Waals surface area contributed by atoms with Crippen LogP contribution < -0.4 is 0 Å². The third kappa shape index (κ3) is 6.84. The van der Waals surface area contributed by atoms with Crippen molar-refractivity contribution in [1.29, 1.82) is 0 Å². The van der Waals surface area contributed by atoms with E-state index in [9.17, 15) is 19.2 Å². The highest BCUT2D eigenvalue weighted by Crippen LogP contribution is 2.38. The molecule has 0 unspecified atom stereocenters. The van der Waals surface area contributed by atoms with E-state index in [1.165, 1.54) is 0 Å². The standard InChI is InChI=1S/C42H32IN3O4/c1-26-33(38(47)28-10-16-44-17-11-28)22-31(23-34(26)39(48)29-12-18-45-19-13-29)42(2,3)32-24-35(40(49)27-8-6-4-5-7-9-27)37(43)36(25-32)41(50)30-14-20-46-21-15-30/h4,6-25H,5H2,1-3H3. The minimum absolute atomic E-state index is 0.218. The average molecular weight is 770 g/mol. The molecule has 1 aliphatic carbocycles. The predicted molar refractivity (Wildman–Crippen MR) is 201 cm³/mol. The summed E-state index contributed by atoms with van der Waals surface area (Å²) in [5, 5.41) is 0. The fourth-order valence-electron chi connectivity index (χ4n) is 5.89. The molecule has 246 valence electrons. The van der Waals surface area contributed by atoms with Gasteiger partial charge in [-0.25, -0.2) is 0 Å². The van der Waals surface area contributed by atoms with Crippen LogP contribution in [0.3, 0.4) is 0 Å². The summed E-state index contributed by atoms with van der Waals surface area (Å²) in [6.07, 6.45) is 19.4. The maximum absolute atomic E-state index is 14.2. The molecule has 2 aromatic carbocycles. The summed E-state index contributed by atoms with van der Waals surface area (Å²) in [5.74, 6) is -0.971. The average Bonchev–Trinajstić information content (AvgIpc) is 3.45. The Bertz CT molecular complexity index is 2170. The van der Waals surface area contributed by atoms with Crippen LogP contribution in [0.25, 0.3) is 0 Å². The van der Waals surface area contributed by atoms with E-state index < -0.39 is 5.41 Å². The smallest absolute Gasteiger partial charge is 0.194 e. The van der Waals surface area contributed by atoms with Gasteiger partial charge in [0.1, 0.15) is 0 Å². The van der Waals surface area contributed by atoms with Gasteiger partial charge in [-0.2, -0.15) is 0 Å². The maximum atomic E-state index is 14.2. The summed E-state index contributed by atoms with van der Waals surface area (Å²) in [4.78, 5) is 68.4. The second-order valence-corrected chi connectivity index (χ2v) is 13.5. The van der Waals surface area contributed by atoms with Crippen molar-refractivity contribution < 1.29 is 19.2 Å². The highest BCUT2D eigenvalue weighted by atomic mass is 127. The van der Waals surface area contributed by atoms with Crippen LogP contribution in [0.15, 0.2) is 134 Å². The molecule has 0 spiro atoms. The van der Waals surface area contributed by atoms with Gasteiger partial charge in [-0.05, 0) is 113 Å². The van der Waals surface area contributed by atoms with Crippen LogP contribution in [-0.4, -0.2) is 38.1 Å². The van der Waals surface area contributed by atoms with Gasteiger partial charge < -0.3 is 0 Å². The normalized spacial score (nSPS) is 12.6. The largest absolute Gasteiger partial charge is 0.289 e. The highest BCUT2D eigenvalue weighted by Gasteiger charge is 2.32. The molecule has 0 saturated carbocycles. The molecule has 3 heterocycles. The molecule has 0 fully saturated rings. The zero-order chi connectivity index (χ0) is 35.4. The Balaban J connectivity index is 1.58. The Labute approximate surface area is 304 Å². The van der Waals surface area contributed by atoms with Crippen LogP contribution in [0.2, 0.25) is 0 Å². The first-order valence-electron chi connectivity index (χ1n) is 16.0. The summed E-state index contributed by atoms with van der Waals surface area (Å²) in [6.45, 7) is 5.70. The van der Waals surface area contributed by atoms with Gasteiger partial charge in [-0.3, -0.25) is 34.1 Å². The van der Waals surface area contributed by atoms with Gasteiger partial charge >= 0.3 is 0 Å². The third-order valence-corrected chi connectivity index (χ3v) is 10.1. The van der Waals surface area contributed by atoms with Crippen molar-refractivity contribution in [2.75, 3.05) is 0 Å². The van der Waals surface area contributed by atoms with E-state index >= 15 is 0 Å². The van der Waals surface area contributed by atoms with Crippen LogP contribution in [-0.2, 0) is 5.41 Å². The molecular formula is C42H32IN3O4. The minimum atomic E-state index is -0.894. The monoisotopic (exact) mass is 769 g/mol. The maximum Gasteiger partial charge on any atom is 0.194 e. The van der Waals surface area contributed by atoms with Gasteiger partial charge in [0, 0.05) is 90.7 Å². The van der Waals surface area contributed by atoms with Crippen LogP contribution in [0.4, 0.5) is 0 Å². The number of ketones is 4. The van der Waals surface area contributed by atoms with Gasteiger partial charge in [0.2, 0.25) is 0 Å². The van der Waals surface area contributed by atoms with Crippen LogP contribution in [0.1, 0.15) is 95.1 Å². The lowest BCUT2D eigenvalue weighted by atomic mass is 9.74. The number of allylic oxidation sites excluding steroid dienone is 6. The topological polar surface area (TPSA) is 107 Å². The van der Waals surface area contributed by atoms with E-state index in [2.05, 4.69) is 37.5 Å². The van der Waals surface area contributed by atoms with Gasteiger partial charge in [0.05, 0.1) is 0 Å². The van der Waals surface area contributed by atoms with E-state index in [0.29, 0.717) is 71.2 Å². The Morgan fingerprint density at radius 1 is 0.600 bits per heavy atom. The molecule has 0 saturated heterocycles. The van der Waals surface area contributed by atoms with Gasteiger partial charge in [-0.1, -0.05) is 44.2 Å². The number of hydrogen-bond acceptors (Lipinski definition) is 7. The molecule has 50 heavy (non-hydrogen) atoms. The molecule has 5 aromatic rings. The predicted octanol–water partition coefficient (Wildman–Crippen LogP) is 8.43. The van der Waals surface area contributed by atoms with E-state index in [-0.39, 0.29) is 23.1 Å². The van der Waals surface area contributed by atoms with Crippen molar-refractivity contribution in [3.63, 3.8) is 0 Å². The molecule has 3 aromatic heterocycles. The number of benzene rings is 2. The molecule has 0 N–H and O–H groups in total. The molecular weight excluding hydrogens is 737 g/mol. The zero-order valence-corrected chi connectivity index (χ0v) is 29.8. The number of carbonyl (C=O) groups is 4. The number of rotatable bonds is 10. The van der Waals surface area contributed by atoms with Crippen molar-refractivity contribution in [3.8, 4) is 0 Å². The molecule has 6 rings (SSSR count). The first-order valence-corrected chi connectivity index (χ1v) is 17.1. The summed E-state index contributed by atoms with van der Waals surface area (Å²) < 4.78 is 0.530. The van der Waals surface area contributed by atoms with Gasteiger partial charge in [0.15, 0.2) is 23.1 Å². The third-order valence-electron chi connectivity index (χ3n) is 8.97. The van der Waals surface area contributed by atoms with Crippen molar-refractivity contribution in [1.82, 2.24) is 15.0 Å². The number of pyridine rings is 3. The Kier molecular flexibility index (Phi) is 10.0. The fraction of sp³-hybridized carbons (Fsp3) is 0.119. The molecule has 0 amide bonds. The van der Waals surface area contributed by atoms with Gasteiger partial charge in [-0.15, -0.1) is 0 Å². The first-order chi connectivity index (χ1) is 24.1. The van der Waals surface area contributed by atoms with E-state index in [4.69, 9.17) is 0 Å². The molecule has 0 aliphatic heterocycles. The van der Waals surface area contributed by atoms with Gasteiger partial charge in [0.25, 0.3) is 0 Å². The van der Waals surface area contributed by atoms with Crippen molar-refractivity contribution in [2.45, 2.75) is 32.6 Å².